The molecule has 0 radical (unpaired) electrons. The van der Waals surface area contributed by atoms with Crippen LogP contribution in [0.2, 0.25) is 0 Å². The first-order chi connectivity index (χ1) is 13.5. The number of hydrogen-bond acceptors (Lipinski definition) is 5. The number of piperidine rings is 1. The largest absolute Gasteiger partial charge is 0.339 e. The highest BCUT2D eigenvalue weighted by Gasteiger charge is 2.26. The first kappa shape index (κ1) is 21.1. The van der Waals surface area contributed by atoms with Gasteiger partial charge in [0.15, 0.2) is 0 Å². The van der Waals surface area contributed by atoms with Crippen LogP contribution in [0.4, 0.5) is 5.69 Å². The molecule has 7 heteroatoms. The Bertz CT molecular complexity index is 659. The van der Waals surface area contributed by atoms with Crippen LogP contribution in [0.25, 0.3) is 0 Å². The topological polar surface area (TPSA) is 55.9 Å². The van der Waals surface area contributed by atoms with E-state index in [-0.39, 0.29) is 11.8 Å². The third-order valence-corrected chi connectivity index (χ3v) is 6.43. The quantitative estimate of drug-likeness (QED) is 0.738. The number of thioether (sulfide) groups is 1. The first-order valence-electron chi connectivity index (χ1n) is 10.2. The Kier molecular flexibility index (Phi) is 7.76. The van der Waals surface area contributed by atoms with Gasteiger partial charge in [-0.3, -0.25) is 19.4 Å². The Morgan fingerprint density at radius 1 is 1.00 bits per heavy atom. The van der Waals surface area contributed by atoms with Crippen LogP contribution in [-0.2, 0) is 9.59 Å². The molecule has 2 heterocycles. The van der Waals surface area contributed by atoms with Gasteiger partial charge in [0.1, 0.15) is 0 Å². The van der Waals surface area contributed by atoms with E-state index in [9.17, 15) is 9.59 Å². The van der Waals surface area contributed by atoms with E-state index < -0.39 is 0 Å². The van der Waals surface area contributed by atoms with Crippen molar-refractivity contribution in [1.29, 1.82) is 0 Å². The number of rotatable bonds is 6. The summed E-state index contributed by atoms with van der Waals surface area (Å²) in [5, 5.41) is 2.97. The fourth-order valence-electron chi connectivity index (χ4n) is 3.93. The molecule has 154 valence electrons. The third kappa shape index (κ3) is 5.96. The van der Waals surface area contributed by atoms with Crippen molar-refractivity contribution in [2.75, 3.05) is 57.4 Å². The van der Waals surface area contributed by atoms with Crippen molar-refractivity contribution in [2.45, 2.75) is 37.1 Å². The van der Waals surface area contributed by atoms with Crippen LogP contribution in [0, 0.1) is 0 Å². The number of nitrogens with zero attached hydrogens (tertiary/aromatic N) is 3. The van der Waals surface area contributed by atoms with Crippen molar-refractivity contribution < 1.29 is 9.59 Å². The van der Waals surface area contributed by atoms with Crippen molar-refractivity contribution in [1.82, 2.24) is 14.7 Å². The van der Waals surface area contributed by atoms with Crippen molar-refractivity contribution in [2.24, 2.45) is 0 Å². The summed E-state index contributed by atoms with van der Waals surface area (Å²) < 4.78 is 0. The Hall–Kier alpha value is -1.57. The Labute approximate surface area is 172 Å². The summed E-state index contributed by atoms with van der Waals surface area (Å²) in [5.74, 6) is 0.274. The number of hydrogen-bond donors (Lipinski definition) is 1. The van der Waals surface area contributed by atoms with Crippen LogP contribution in [0.5, 0.6) is 0 Å². The zero-order valence-electron chi connectivity index (χ0n) is 17.0. The molecule has 0 aromatic heterocycles. The molecule has 0 bridgehead atoms. The van der Waals surface area contributed by atoms with Gasteiger partial charge in [-0.05, 0) is 56.7 Å². The third-order valence-electron chi connectivity index (χ3n) is 5.69. The van der Waals surface area contributed by atoms with E-state index in [0.29, 0.717) is 19.1 Å². The molecular weight excluding hydrogens is 372 g/mol. The monoisotopic (exact) mass is 404 g/mol. The molecule has 1 aromatic carbocycles. The standard InChI is InChI=1S/C21H32N4O2S/c1-17-5-3-4-10-25(17)21(27)16-24-13-11-23(12-14-24)15-20(26)22-18-6-8-19(28-2)9-7-18/h6-9,17H,3-5,10-16H2,1-2H3,(H,22,26). The minimum Gasteiger partial charge on any atom is -0.339 e. The highest BCUT2D eigenvalue weighted by molar-refractivity contribution is 7.98. The SMILES string of the molecule is CSc1ccc(NC(=O)CN2CCN(CC(=O)N3CCCCC3C)CC2)cc1. The number of nitrogens with one attached hydrogen (secondary N) is 1. The normalized spacial score (nSPS) is 21.5. The first-order valence-corrected chi connectivity index (χ1v) is 11.5. The predicted octanol–water partition coefficient (Wildman–Crippen LogP) is 2.37. The average molecular weight is 405 g/mol. The molecule has 0 spiro atoms. The van der Waals surface area contributed by atoms with E-state index in [1.54, 1.807) is 11.8 Å². The maximum absolute atomic E-state index is 12.6. The summed E-state index contributed by atoms with van der Waals surface area (Å²) in [6.07, 6.45) is 5.51. The van der Waals surface area contributed by atoms with Gasteiger partial charge in [-0.2, -0.15) is 0 Å². The summed E-state index contributed by atoms with van der Waals surface area (Å²) in [6, 6.07) is 8.28. The molecule has 1 N–H and O–H groups in total. The van der Waals surface area contributed by atoms with E-state index in [4.69, 9.17) is 0 Å². The van der Waals surface area contributed by atoms with Crippen molar-refractivity contribution in [3.05, 3.63) is 24.3 Å². The van der Waals surface area contributed by atoms with Gasteiger partial charge in [0.2, 0.25) is 11.8 Å². The zero-order valence-corrected chi connectivity index (χ0v) is 17.8. The Morgan fingerprint density at radius 2 is 1.64 bits per heavy atom. The van der Waals surface area contributed by atoms with Gasteiger partial charge in [0.25, 0.3) is 0 Å². The lowest BCUT2D eigenvalue weighted by molar-refractivity contribution is -0.136. The van der Waals surface area contributed by atoms with Gasteiger partial charge in [-0.25, -0.2) is 0 Å². The number of amides is 2. The van der Waals surface area contributed by atoms with E-state index in [0.717, 1.165) is 51.3 Å². The number of anilines is 1. The average Bonchev–Trinajstić information content (AvgIpc) is 2.70. The van der Waals surface area contributed by atoms with E-state index in [2.05, 4.69) is 22.0 Å². The van der Waals surface area contributed by atoms with Crippen LogP contribution in [0.15, 0.2) is 29.2 Å². The lowest BCUT2D eigenvalue weighted by Crippen LogP contribution is -2.53. The lowest BCUT2D eigenvalue weighted by Gasteiger charge is -2.37. The van der Waals surface area contributed by atoms with Gasteiger partial charge in [0, 0.05) is 49.3 Å². The van der Waals surface area contributed by atoms with Gasteiger partial charge in [-0.15, -0.1) is 11.8 Å². The molecule has 0 aliphatic carbocycles. The molecule has 2 amide bonds. The fourth-order valence-corrected chi connectivity index (χ4v) is 4.34. The maximum atomic E-state index is 12.6. The number of benzene rings is 1. The number of piperazine rings is 1. The van der Waals surface area contributed by atoms with Gasteiger partial charge in [0.05, 0.1) is 13.1 Å². The van der Waals surface area contributed by atoms with E-state index in [1.807, 2.05) is 35.4 Å². The van der Waals surface area contributed by atoms with Crippen LogP contribution >= 0.6 is 11.8 Å². The molecule has 0 saturated carbocycles. The van der Waals surface area contributed by atoms with Crippen LogP contribution in [0.1, 0.15) is 26.2 Å². The lowest BCUT2D eigenvalue weighted by atomic mass is 10.0. The van der Waals surface area contributed by atoms with E-state index in [1.165, 1.54) is 11.3 Å². The van der Waals surface area contributed by atoms with Crippen molar-refractivity contribution in [3.63, 3.8) is 0 Å². The second kappa shape index (κ2) is 10.3. The second-order valence-corrected chi connectivity index (χ2v) is 8.64. The molecule has 1 unspecified atom stereocenters. The minimum absolute atomic E-state index is 0.0172. The zero-order chi connectivity index (χ0) is 19.9. The summed E-state index contributed by atoms with van der Waals surface area (Å²) in [7, 11) is 0. The summed E-state index contributed by atoms with van der Waals surface area (Å²) in [6.45, 7) is 7.28. The molecule has 6 nitrogen and oxygen atoms in total. The van der Waals surface area contributed by atoms with Gasteiger partial charge < -0.3 is 10.2 Å². The smallest absolute Gasteiger partial charge is 0.238 e. The van der Waals surface area contributed by atoms with Crippen molar-refractivity contribution in [3.8, 4) is 0 Å². The summed E-state index contributed by atoms with van der Waals surface area (Å²) in [5.41, 5.74) is 0.836. The second-order valence-electron chi connectivity index (χ2n) is 7.76. The van der Waals surface area contributed by atoms with Gasteiger partial charge >= 0.3 is 0 Å². The molecule has 2 fully saturated rings. The molecule has 2 aliphatic heterocycles. The summed E-state index contributed by atoms with van der Waals surface area (Å²) >= 11 is 1.69. The van der Waals surface area contributed by atoms with E-state index >= 15 is 0 Å². The molecule has 3 rings (SSSR count). The van der Waals surface area contributed by atoms with Crippen LogP contribution in [0.3, 0.4) is 0 Å². The Balaban J connectivity index is 1.38. The maximum Gasteiger partial charge on any atom is 0.238 e. The molecule has 28 heavy (non-hydrogen) atoms. The van der Waals surface area contributed by atoms with Crippen LogP contribution in [-0.4, -0.2) is 84.6 Å². The molecule has 2 saturated heterocycles. The van der Waals surface area contributed by atoms with Crippen LogP contribution < -0.4 is 5.32 Å². The van der Waals surface area contributed by atoms with Gasteiger partial charge in [-0.1, -0.05) is 0 Å². The molecule has 2 aliphatic rings. The predicted molar refractivity (Wildman–Crippen MR) is 115 cm³/mol. The fraction of sp³-hybridized carbons (Fsp3) is 0.619. The highest BCUT2D eigenvalue weighted by Crippen LogP contribution is 2.18. The Morgan fingerprint density at radius 3 is 2.25 bits per heavy atom. The number of likely N-dealkylation sites (tertiary alicyclic amines) is 1. The number of carbonyl (C=O) groups excluding carboxylic acids is 2. The summed E-state index contributed by atoms with van der Waals surface area (Å²) in [4.78, 5) is 32.5. The minimum atomic E-state index is 0.0172. The highest BCUT2D eigenvalue weighted by atomic mass is 32.2. The molecular formula is C21H32N4O2S. The molecule has 1 atom stereocenters. The molecule has 1 aromatic rings. The van der Waals surface area contributed by atoms with Crippen molar-refractivity contribution >= 4 is 29.3 Å². The number of carbonyl (C=O) groups is 2.